The van der Waals surface area contributed by atoms with Gasteiger partial charge in [0.1, 0.15) is 11.4 Å². The molecule has 0 bridgehead atoms. The highest BCUT2D eigenvalue weighted by molar-refractivity contribution is 5.84. The fourth-order valence-corrected chi connectivity index (χ4v) is 2.59. The summed E-state index contributed by atoms with van der Waals surface area (Å²) in [7, 11) is 1.82. The van der Waals surface area contributed by atoms with E-state index in [0.29, 0.717) is 24.4 Å². The predicted molar refractivity (Wildman–Crippen MR) is 106 cm³/mol. The summed E-state index contributed by atoms with van der Waals surface area (Å²) in [5.41, 5.74) is 2.50. The number of aryl methyl sites for hydroxylation is 1. The van der Waals surface area contributed by atoms with Gasteiger partial charge in [0, 0.05) is 31.4 Å². The summed E-state index contributed by atoms with van der Waals surface area (Å²) in [6, 6.07) is 8.76. The molecule has 2 heterocycles. The molecular formula is C20H23N5O3. The van der Waals surface area contributed by atoms with Gasteiger partial charge >= 0.3 is 6.09 Å². The van der Waals surface area contributed by atoms with E-state index in [2.05, 4.69) is 15.5 Å². The van der Waals surface area contributed by atoms with Gasteiger partial charge in [-0.3, -0.25) is 14.8 Å². The van der Waals surface area contributed by atoms with Gasteiger partial charge in [-0.05, 0) is 23.6 Å². The monoisotopic (exact) mass is 381 g/mol. The molecular weight excluding hydrogens is 358 g/mol. The molecule has 0 radical (unpaired) electrons. The molecule has 0 fully saturated rings. The number of carbonyl (C=O) groups is 1. The zero-order valence-electron chi connectivity index (χ0n) is 16.1. The van der Waals surface area contributed by atoms with Crippen molar-refractivity contribution in [2.24, 2.45) is 13.0 Å². The van der Waals surface area contributed by atoms with Gasteiger partial charge in [-0.15, -0.1) is 0 Å². The molecule has 28 heavy (non-hydrogen) atoms. The molecule has 1 amide bonds. The van der Waals surface area contributed by atoms with Gasteiger partial charge in [0.2, 0.25) is 5.43 Å². The number of aromatic nitrogens is 4. The van der Waals surface area contributed by atoms with Crippen molar-refractivity contribution in [1.29, 1.82) is 0 Å². The molecule has 0 aliphatic carbocycles. The zero-order chi connectivity index (χ0) is 20.1. The SMILES string of the molecule is CC(C)COC(=O)Nc1cccc(Cc2nn(-c3cnn(C)c3)ccc2=O)c1. The van der Waals surface area contributed by atoms with E-state index in [1.165, 1.54) is 6.07 Å². The van der Waals surface area contributed by atoms with E-state index in [0.717, 1.165) is 11.3 Å². The van der Waals surface area contributed by atoms with E-state index in [9.17, 15) is 9.59 Å². The molecule has 1 aromatic carbocycles. The molecule has 2 aromatic heterocycles. The molecule has 0 saturated carbocycles. The Kier molecular flexibility index (Phi) is 5.88. The van der Waals surface area contributed by atoms with Crippen LogP contribution in [-0.4, -0.2) is 32.3 Å². The Morgan fingerprint density at radius 1 is 1.29 bits per heavy atom. The standard InChI is InChI=1S/C20H23N5O3/c1-14(2)13-28-20(27)22-16-6-4-5-15(9-16)10-18-19(26)7-8-25(23-18)17-11-21-24(3)12-17/h4-9,11-12,14H,10,13H2,1-3H3,(H,22,27). The van der Waals surface area contributed by atoms with Gasteiger partial charge in [0.15, 0.2) is 0 Å². The smallest absolute Gasteiger partial charge is 0.411 e. The van der Waals surface area contributed by atoms with E-state index in [1.807, 2.05) is 39.2 Å². The maximum atomic E-state index is 12.2. The van der Waals surface area contributed by atoms with Gasteiger partial charge in [0.25, 0.3) is 0 Å². The maximum Gasteiger partial charge on any atom is 0.411 e. The number of anilines is 1. The molecule has 146 valence electrons. The first-order valence-electron chi connectivity index (χ1n) is 9.01. The van der Waals surface area contributed by atoms with Crippen LogP contribution in [0.3, 0.4) is 0 Å². The van der Waals surface area contributed by atoms with Gasteiger partial charge in [0.05, 0.1) is 19.0 Å². The predicted octanol–water partition coefficient (Wildman–Crippen LogP) is 2.76. The number of nitrogens with one attached hydrogen (secondary N) is 1. The van der Waals surface area contributed by atoms with E-state index in [-0.39, 0.29) is 11.3 Å². The average molecular weight is 381 g/mol. The van der Waals surface area contributed by atoms with E-state index in [1.54, 1.807) is 33.9 Å². The Hall–Kier alpha value is -3.42. The molecule has 3 aromatic rings. The van der Waals surface area contributed by atoms with Gasteiger partial charge in [-0.2, -0.15) is 10.2 Å². The van der Waals surface area contributed by atoms with Crippen LogP contribution in [0, 0.1) is 5.92 Å². The summed E-state index contributed by atoms with van der Waals surface area (Å²) in [6.07, 6.45) is 4.95. The second-order valence-corrected chi connectivity index (χ2v) is 6.94. The number of ether oxygens (including phenoxy) is 1. The topological polar surface area (TPSA) is 91.0 Å². The molecule has 0 spiro atoms. The van der Waals surface area contributed by atoms with E-state index >= 15 is 0 Å². The molecule has 8 nitrogen and oxygen atoms in total. The Labute approximate surface area is 162 Å². The molecule has 1 N–H and O–H groups in total. The third kappa shape index (κ3) is 5.06. The molecule has 0 aliphatic rings. The van der Waals surface area contributed by atoms with Crippen molar-refractivity contribution in [1.82, 2.24) is 19.6 Å². The van der Waals surface area contributed by atoms with Crippen LogP contribution in [0.25, 0.3) is 5.69 Å². The average Bonchev–Trinajstić information content (AvgIpc) is 3.08. The number of hydrogen-bond donors (Lipinski definition) is 1. The van der Waals surface area contributed by atoms with Crippen molar-refractivity contribution < 1.29 is 9.53 Å². The van der Waals surface area contributed by atoms with Crippen LogP contribution in [0.1, 0.15) is 25.1 Å². The summed E-state index contributed by atoms with van der Waals surface area (Å²) in [5.74, 6) is 0.267. The van der Waals surface area contributed by atoms with Gasteiger partial charge in [-0.1, -0.05) is 26.0 Å². The summed E-state index contributed by atoms with van der Waals surface area (Å²) in [4.78, 5) is 24.1. The maximum absolute atomic E-state index is 12.2. The Morgan fingerprint density at radius 3 is 2.82 bits per heavy atom. The number of carbonyl (C=O) groups excluding carboxylic acids is 1. The lowest BCUT2D eigenvalue weighted by Crippen LogP contribution is -2.17. The molecule has 0 saturated heterocycles. The minimum Gasteiger partial charge on any atom is -0.449 e. The van der Waals surface area contributed by atoms with Crippen LogP contribution in [0.5, 0.6) is 0 Å². The Morgan fingerprint density at radius 2 is 2.11 bits per heavy atom. The molecule has 0 unspecified atom stereocenters. The highest BCUT2D eigenvalue weighted by atomic mass is 16.5. The second-order valence-electron chi connectivity index (χ2n) is 6.94. The normalized spacial score (nSPS) is 10.9. The van der Waals surface area contributed by atoms with Crippen LogP contribution in [-0.2, 0) is 18.2 Å². The second kappa shape index (κ2) is 8.51. The quantitative estimate of drug-likeness (QED) is 0.709. The number of rotatable bonds is 6. The van der Waals surface area contributed by atoms with Gasteiger partial charge < -0.3 is 4.74 Å². The first-order chi connectivity index (χ1) is 13.4. The summed E-state index contributed by atoms with van der Waals surface area (Å²) in [5, 5.41) is 11.3. The van der Waals surface area contributed by atoms with Crippen molar-refractivity contribution >= 4 is 11.8 Å². The molecule has 8 heteroatoms. The Balaban J connectivity index is 1.75. The minimum atomic E-state index is -0.498. The van der Waals surface area contributed by atoms with Gasteiger partial charge in [-0.25, -0.2) is 9.48 Å². The largest absolute Gasteiger partial charge is 0.449 e. The lowest BCUT2D eigenvalue weighted by atomic mass is 10.1. The highest BCUT2D eigenvalue weighted by Crippen LogP contribution is 2.14. The lowest BCUT2D eigenvalue weighted by Gasteiger charge is -2.10. The molecule has 3 rings (SSSR count). The molecule has 0 atom stereocenters. The number of nitrogens with zero attached hydrogens (tertiary/aromatic N) is 4. The van der Waals surface area contributed by atoms with Crippen LogP contribution < -0.4 is 10.7 Å². The van der Waals surface area contributed by atoms with Crippen molar-refractivity contribution in [2.45, 2.75) is 20.3 Å². The van der Waals surface area contributed by atoms with Crippen molar-refractivity contribution in [3.63, 3.8) is 0 Å². The minimum absolute atomic E-state index is 0.144. The van der Waals surface area contributed by atoms with Crippen LogP contribution >= 0.6 is 0 Å². The first kappa shape index (κ1) is 19.3. The highest BCUT2D eigenvalue weighted by Gasteiger charge is 2.09. The lowest BCUT2D eigenvalue weighted by molar-refractivity contribution is 0.147. The third-order valence-corrected chi connectivity index (χ3v) is 3.93. The third-order valence-electron chi connectivity index (χ3n) is 3.93. The van der Waals surface area contributed by atoms with E-state index < -0.39 is 6.09 Å². The van der Waals surface area contributed by atoms with E-state index in [4.69, 9.17) is 4.74 Å². The number of amides is 1. The van der Waals surface area contributed by atoms with Crippen LogP contribution in [0.15, 0.2) is 53.7 Å². The Bertz CT molecular complexity index is 1020. The molecule has 0 aliphatic heterocycles. The van der Waals surface area contributed by atoms with Crippen LogP contribution in [0.2, 0.25) is 0 Å². The number of benzene rings is 1. The van der Waals surface area contributed by atoms with Crippen molar-refractivity contribution in [2.75, 3.05) is 11.9 Å². The summed E-state index contributed by atoms with van der Waals surface area (Å²) >= 11 is 0. The number of hydrogen-bond acceptors (Lipinski definition) is 5. The first-order valence-corrected chi connectivity index (χ1v) is 9.01. The fraction of sp³-hybridized carbons (Fsp3) is 0.300. The van der Waals surface area contributed by atoms with Crippen molar-refractivity contribution in [3.8, 4) is 5.69 Å². The zero-order valence-corrected chi connectivity index (χ0v) is 16.1. The van der Waals surface area contributed by atoms with Crippen LogP contribution in [0.4, 0.5) is 10.5 Å². The fourth-order valence-electron chi connectivity index (χ4n) is 2.59. The summed E-state index contributed by atoms with van der Waals surface area (Å²) in [6.45, 7) is 4.30. The van der Waals surface area contributed by atoms with Crippen molar-refractivity contribution in [3.05, 3.63) is 70.4 Å². The summed E-state index contributed by atoms with van der Waals surface area (Å²) < 4.78 is 8.42.